The number of anilines is 6. The minimum atomic E-state index is -4.53. The van der Waals surface area contributed by atoms with Crippen LogP contribution in [0.25, 0.3) is 44.5 Å². The van der Waals surface area contributed by atoms with Crippen LogP contribution in [0.4, 0.5) is 60.5 Å². The number of halogens is 6. The molecular formula is C69H45BF6N2Si. The maximum absolute atomic E-state index is 14.3. The summed E-state index contributed by atoms with van der Waals surface area (Å²) in [6, 6.07) is 83.0. The van der Waals surface area contributed by atoms with E-state index in [0.29, 0.717) is 11.1 Å². The third kappa shape index (κ3) is 7.49. The van der Waals surface area contributed by atoms with Crippen LogP contribution in [0.1, 0.15) is 16.7 Å². The van der Waals surface area contributed by atoms with Gasteiger partial charge in [0.1, 0.15) is 0 Å². The SMILES string of the molecule is Cc1cc2c3c(c1)N(c1c(-c4ccccc4)cccc1-c1ccc(C(F)(F)F)cc1)c1cccc4c1B3c1c(cccc1[Si]4(c1ccccc1)c1ccccc1)N2c1c(-c2ccccc2)cccc1-c1ccc(C(F)(F)F)cc1. The Morgan fingerprint density at radius 1 is 0.329 bits per heavy atom. The van der Waals surface area contributed by atoms with Crippen LogP contribution in [-0.2, 0) is 12.4 Å². The van der Waals surface area contributed by atoms with Crippen LogP contribution >= 0.6 is 0 Å². The molecule has 0 amide bonds. The van der Waals surface area contributed by atoms with Crippen molar-refractivity contribution >= 4 is 86.0 Å². The van der Waals surface area contributed by atoms with Gasteiger partial charge in [0.15, 0.2) is 8.07 Å². The molecule has 3 heterocycles. The van der Waals surface area contributed by atoms with Gasteiger partial charge in [-0.25, -0.2) is 0 Å². The van der Waals surface area contributed by atoms with Crippen LogP contribution in [0.15, 0.2) is 255 Å². The van der Waals surface area contributed by atoms with Crippen LogP contribution in [-0.4, -0.2) is 14.8 Å². The average molecular weight is 1060 g/mol. The molecule has 11 aromatic rings. The van der Waals surface area contributed by atoms with Crippen LogP contribution in [0.5, 0.6) is 0 Å². The number of benzene rings is 11. The molecule has 0 fully saturated rings. The second kappa shape index (κ2) is 18.2. The molecule has 11 aromatic carbocycles. The Balaban J connectivity index is 1.16. The topological polar surface area (TPSA) is 6.48 Å². The number of hydrogen-bond donors (Lipinski definition) is 0. The van der Waals surface area contributed by atoms with E-state index >= 15 is 0 Å². The fourth-order valence-electron chi connectivity index (χ4n) is 13.1. The molecule has 0 bridgehead atoms. The molecule has 0 radical (unpaired) electrons. The first-order valence-electron chi connectivity index (χ1n) is 26.3. The van der Waals surface area contributed by atoms with E-state index in [9.17, 15) is 26.3 Å². The van der Waals surface area contributed by atoms with Crippen LogP contribution in [0.2, 0.25) is 0 Å². The van der Waals surface area contributed by atoms with Gasteiger partial charge in [-0.05, 0) is 120 Å². The highest BCUT2D eigenvalue weighted by Gasteiger charge is 2.56. The Kier molecular flexibility index (Phi) is 11.1. The predicted octanol–water partition coefficient (Wildman–Crippen LogP) is 14.5. The number of nitrogens with zero attached hydrogens (tertiary/aromatic N) is 2. The summed E-state index contributed by atoms with van der Waals surface area (Å²) < 4.78 is 85.9. The minimum absolute atomic E-state index is 0.305. The molecule has 0 aliphatic carbocycles. The van der Waals surface area contributed by atoms with Crippen LogP contribution < -0.4 is 46.9 Å². The van der Waals surface area contributed by atoms with E-state index in [1.54, 1.807) is 24.3 Å². The van der Waals surface area contributed by atoms with Gasteiger partial charge >= 0.3 is 12.4 Å². The summed E-state index contributed by atoms with van der Waals surface area (Å²) in [6.07, 6.45) is -9.06. The van der Waals surface area contributed by atoms with Gasteiger partial charge in [-0.1, -0.05) is 206 Å². The van der Waals surface area contributed by atoms with Crippen molar-refractivity contribution in [2.24, 2.45) is 0 Å². The lowest BCUT2D eigenvalue weighted by molar-refractivity contribution is -0.138. The van der Waals surface area contributed by atoms with E-state index in [2.05, 4.69) is 162 Å². The second-order valence-electron chi connectivity index (χ2n) is 20.6. The van der Waals surface area contributed by atoms with E-state index in [0.717, 1.165) is 114 Å². The summed E-state index contributed by atoms with van der Waals surface area (Å²) in [4.78, 5) is 4.76. The van der Waals surface area contributed by atoms with Gasteiger partial charge in [0.05, 0.1) is 22.5 Å². The molecule has 0 saturated carbocycles. The molecule has 14 rings (SSSR count). The highest BCUT2D eigenvalue weighted by molar-refractivity contribution is 7.27. The molecule has 0 aromatic heterocycles. The van der Waals surface area contributed by atoms with Crippen molar-refractivity contribution in [2.75, 3.05) is 9.80 Å². The van der Waals surface area contributed by atoms with Gasteiger partial charge in [0, 0.05) is 45.0 Å². The lowest BCUT2D eigenvalue weighted by atomic mass is 9.33. The van der Waals surface area contributed by atoms with Gasteiger partial charge in [-0.3, -0.25) is 0 Å². The van der Waals surface area contributed by atoms with E-state index in [-0.39, 0.29) is 6.71 Å². The summed E-state index contributed by atoms with van der Waals surface area (Å²) in [5.74, 6) is 0. The quantitative estimate of drug-likeness (QED) is 0.111. The Morgan fingerprint density at radius 2 is 0.658 bits per heavy atom. The molecule has 3 aliphatic heterocycles. The molecular weight excluding hydrogens is 1010 g/mol. The summed E-state index contributed by atoms with van der Waals surface area (Å²) in [5.41, 5.74) is 14.6. The Bertz CT molecular complexity index is 3900. The molecule has 10 heteroatoms. The summed E-state index contributed by atoms with van der Waals surface area (Å²) in [5, 5.41) is 4.86. The molecule has 0 atom stereocenters. The van der Waals surface area contributed by atoms with E-state index in [1.807, 2.05) is 60.7 Å². The highest BCUT2D eigenvalue weighted by Crippen LogP contribution is 2.53. The summed E-state index contributed by atoms with van der Waals surface area (Å²) in [7, 11) is -3.35. The van der Waals surface area contributed by atoms with Crippen molar-refractivity contribution in [3.05, 3.63) is 271 Å². The first-order chi connectivity index (χ1) is 38.4. The van der Waals surface area contributed by atoms with Crippen molar-refractivity contribution in [1.29, 1.82) is 0 Å². The van der Waals surface area contributed by atoms with E-state index in [4.69, 9.17) is 0 Å². The smallest absolute Gasteiger partial charge is 0.310 e. The zero-order valence-electron chi connectivity index (χ0n) is 42.5. The molecule has 0 unspecified atom stereocenters. The first-order valence-corrected chi connectivity index (χ1v) is 28.3. The van der Waals surface area contributed by atoms with Gasteiger partial charge in [0.25, 0.3) is 6.71 Å². The molecule has 0 N–H and O–H groups in total. The Hall–Kier alpha value is -9.12. The average Bonchev–Trinajstić information content (AvgIpc) is 3.67. The van der Waals surface area contributed by atoms with Crippen LogP contribution in [0.3, 0.4) is 0 Å². The standard InChI is InChI=1S/C69H45BF6N2Si/c1-44-42-59-63-60(43-44)78(67-54(46-20-8-3-9-21-46)27-15-29-56(67)48-36-40-50(41-37-48)69(74,75)76)58-31-17-33-62-65(58)70(63)64-57(30-16-32-61(64)79(62,51-22-10-4-11-23-51)52-24-12-5-13-25-52)77(59)66-53(45-18-6-2-7-19-45)26-14-28-55(66)47-34-38-49(39-35-47)68(71,72)73/h2-43H,1H3. The van der Waals surface area contributed by atoms with Gasteiger partial charge < -0.3 is 9.80 Å². The molecule has 380 valence electrons. The first kappa shape index (κ1) is 48.3. The Labute approximate surface area is 455 Å². The van der Waals surface area contributed by atoms with Crippen molar-refractivity contribution in [3.8, 4) is 44.5 Å². The van der Waals surface area contributed by atoms with E-state index < -0.39 is 31.6 Å². The van der Waals surface area contributed by atoms with Gasteiger partial charge in [-0.2, -0.15) is 26.3 Å². The monoisotopic (exact) mass is 1050 g/mol. The molecule has 2 nitrogen and oxygen atoms in total. The highest BCUT2D eigenvalue weighted by atomic mass is 28.3. The number of rotatable bonds is 8. The van der Waals surface area contributed by atoms with Crippen molar-refractivity contribution in [2.45, 2.75) is 19.3 Å². The van der Waals surface area contributed by atoms with Gasteiger partial charge in [0.2, 0.25) is 0 Å². The number of hydrogen-bond acceptors (Lipinski definition) is 2. The lowest BCUT2D eigenvalue weighted by Crippen LogP contribution is -2.88. The Morgan fingerprint density at radius 3 is 1.01 bits per heavy atom. The number of para-hydroxylation sites is 2. The minimum Gasteiger partial charge on any atom is -0.310 e. The lowest BCUT2D eigenvalue weighted by Gasteiger charge is -2.52. The van der Waals surface area contributed by atoms with E-state index in [1.165, 1.54) is 20.7 Å². The fraction of sp³-hybridized carbons (Fsp3) is 0.0435. The number of aryl methyl sites for hydroxylation is 1. The molecule has 79 heavy (non-hydrogen) atoms. The zero-order valence-corrected chi connectivity index (χ0v) is 43.5. The molecule has 3 aliphatic rings. The molecule has 0 spiro atoms. The van der Waals surface area contributed by atoms with Gasteiger partial charge in [-0.15, -0.1) is 0 Å². The fourth-order valence-corrected chi connectivity index (χ4v) is 18.4. The van der Waals surface area contributed by atoms with Crippen molar-refractivity contribution in [3.63, 3.8) is 0 Å². The number of alkyl halides is 6. The third-order valence-corrected chi connectivity index (χ3v) is 21.1. The van der Waals surface area contributed by atoms with Crippen molar-refractivity contribution < 1.29 is 26.3 Å². The van der Waals surface area contributed by atoms with Crippen molar-refractivity contribution in [1.82, 2.24) is 0 Å². The third-order valence-electron chi connectivity index (χ3n) is 16.2. The summed E-state index contributed by atoms with van der Waals surface area (Å²) >= 11 is 0. The predicted molar refractivity (Wildman–Crippen MR) is 314 cm³/mol. The normalized spacial score (nSPS) is 13.8. The molecule has 0 saturated heterocycles. The summed E-state index contributed by atoms with van der Waals surface area (Å²) in [6.45, 7) is 1.79. The maximum Gasteiger partial charge on any atom is 0.416 e. The zero-order chi connectivity index (χ0) is 53.8. The maximum atomic E-state index is 14.3. The largest absolute Gasteiger partial charge is 0.416 e. The van der Waals surface area contributed by atoms with Crippen LogP contribution in [0, 0.1) is 6.92 Å². The second-order valence-corrected chi connectivity index (χ2v) is 24.3.